The Kier molecular flexibility index (Phi) is 4.29. The summed E-state index contributed by atoms with van der Waals surface area (Å²) in [5.74, 6) is -0.330. The van der Waals surface area contributed by atoms with Crippen LogP contribution in [-0.4, -0.2) is 30.1 Å². The van der Waals surface area contributed by atoms with E-state index in [1.807, 2.05) is 6.07 Å². The van der Waals surface area contributed by atoms with Crippen LogP contribution < -0.4 is 5.32 Å². The van der Waals surface area contributed by atoms with Gasteiger partial charge in [0.05, 0.1) is 5.02 Å². The molecule has 2 heterocycles. The average molecular weight is 297 g/mol. The Morgan fingerprint density at radius 2 is 2.20 bits per heavy atom. The maximum absolute atomic E-state index is 13.5. The SMILES string of the molecule is CC(NC1CCN2CCCC2C1)c1ccc(Cl)c(F)c1. The molecule has 2 aliphatic rings. The molecule has 0 bridgehead atoms. The van der Waals surface area contributed by atoms with Crippen LogP contribution in [0.4, 0.5) is 4.39 Å². The molecule has 2 fully saturated rings. The molecule has 1 aromatic rings. The maximum atomic E-state index is 13.5. The highest BCUT2D eigenvalue weighted by atomic mass is 35.5. The van der Waals surface area contributed by atoms with Crippen LogP contribution in [0.3, 0.4) is 0 Å². The third kappa shape index (κ3) is 3.00. The number of nitrogens with zero attached hydrogens (tertiary/aromatic N) is 1. The standard InChI is InChI=1S/C16H22ClFN2/c1-11(12-4-5-15(17)16(18)9-12)19-13-6-8-20-7-2-3-14(20)10-13/h4-5,9,11,13-14,19H,2-3,6-8,10H2,1H3. The van der Waals surface area contributed by atoms with E-state index < -0.39 is 0 Å². The smallest absolute Gasteiger partial charge is 0.142 e. The summed E-state index contributed by atoms with van der Waals surface area (Å²) < 4.78 is 13.5. The zero-order valence-electron chi connectivity index (χ0n) is 11.9. The average Bonchev–Trinajstić information content (AvgIpc) is 2.89. The van der Waals surface area contributed by atoms with Crippen molar-refractivity contribution in [3.63, 3.8) is 0 Å². The third-order valence-corrected chi connectivity index (χ3v) is 5.06. The summed E-state index contributed by atoms with van der Waals surface area (Å²) in [6, 6.07) is 6.57. The summed E-state index contributed by atoms with van der Waals surface area (Å²) >= 11 is 5.74. The fraction of sp³-hybridized carbons (Fsp3) is 0.625. The van der Waals surface area contributed by atoms with Crippen LogP contribution in [0, 0.1) is 5.82 Å². The van der Waals surface area contributed by atoms with E-state index >= 15 is 0 Å². The molecule has 0 amide bonds. The molecule has 0 spiro atoms. The summed E-state index contributed by atoms with van der Waals surface area (Å²) in [7, 11) is 0. The van der Waals surface area contributed by atoms with Gasteiger partial charge in [0.25, 0.3) is 0 Å². The molecule has 3 atom stereocenters. The van der Waals surface area contributed by atoms with E-state index in [2.05, 4.69) is 17.1 Å². The fourth-order valence-corrected chi connectivity index (χ4v) is 3.72. The number of nitrogens with one attached hydrogen (secondary N) is 1. The minimum atomic E-state index is -0.330. The van der Waals surface area contributed by atoms with Crippen LogP contribution >= 0.6 is 11.6 Å². The second-order valence-corrected chi connectivity index (χ2v) is 6.52. The zero-order valence-corrected chi connectivity index (χ0v) is 12.7. The number of rotatable bonds is 3. The lowest BCUT2D eigenvalue weighted by molar-refractivity contribution is 0.162. The molecular weight excluding hydrogens is 275 g/mol. The van der Waals surface area contributed by atoms with E-state index in [1.54, 1.807) is 12.1 Å². The predicted octanol–water partition coefficient (Wildman–Crippen LogP) is 3.76. The van der Waals surface area contributed by atoms with Gasteiger partial charge in [-0.3, -0.25) is 0 Å². The Balaban J connectivity index is 1.60. The topological polar surface area (TPSA) is 15.3 Å². The highest BCUT2D eigenvalue weighted by molar-refractivity contribution is 6.30. The Bertz CT molecular complexity index is 480. The van der Waals surface area contributed by atoms with Gasteiger partial charge in [0.1, 0.15) is 5.82 Å². The molecule has 1 N–H and O–H groups in total. The second kappa shape index (κ2) is 6.00. The fourth-order valence-electron chi connectivity index (χ4n) is 3.61. The minimum absolute atomic E-state index is 0.166. The summed E-state index contributed by atoms with van der Waals surface area (Å²) in [6.07, 6.45) is 5.09. The molecule has 3 rings (SSSR count). The molecule has 0 aliphatic carbocycles. The Labute approximate surface area is 125 Å². The van der Waals surface area contributed by atoms with Crippen molar-refractivity contribution >= 4 is 11.6 Å². The first-order valence-corrected chi connectivity index (χ1v) is 7.96. The van der Waals surface area contributed by atoms with Gasteiger partial charge in [-0.1, -0.05) is 17.7 Å². The first-order chi connectivity index (χ1) is 9.63. The number of fused-ring (bicyclic) bond motifs is 1. The summed E-state index contributed by atoms with van der Waals surface area (Å²) in [5.41, 5.74) is 0.973. The number of hydrogen-bond donors (Lipinski definition) is 1. The predicted molar refractivity (Wildman–Crippen MR) is 80.6 cm³/mol. The third-order valence-electron chi connectivity index (χ3n) is 4.75. The van der Waals surface area contributed by atoms with Crippen LogP contribution in [-0.2, 0) is 0 Å². The molecule has 110 valence electrons. The van der Waals surface area contributed by atoms with Crippen molar-refractivity contribution in [2.24, 2.45) is 0 Å². The number of benzene rings is 1. The Morgan fingerprint density at radius 1 is 1.35 bits per heavy atom. The number of halogens is 2. The van der Waals surface area contributed by atoms with Gasteiger partial charge in [0.2, 0.25) is 0 Å². The van der Waals surface area contributed by atoms with Crippen molar-refractivity contribution in [3.8, 4) is 0 Å². The maximum Gasteiger partial charge on any atom is 0.142 e. The normalized spacial score (nSPS) is 28.4. The zero-order chi connectivity index (χ0) is 14.1. The van der Waals surface area contributed by atoms with E-state index in [9.17, 15) is 4.39 Å². The van der Waals surface area contributed by atoms with Crippen LogP contribution in [0.2, 0.25) is 5.02 Å². The van der Waals surface area contributed by atoms with E-state index in [0.717, 1.165) is 11.6 Å². The van der Waals surface area contributed by atoms with Gasteiger partial charge in [-0.2, -0.15) is 0 Å². The van der Waals surface area contributed by atoms with Gasteiger partial charge in [-0.15, -0.1) is 0 Å². The van der Waals surface area contributed by atoms with Gasteiger partial charge in [-0.25, -0.2) is 4.39 Å². The van der Waals surface area contributed by atoms with Crippen molar-refractivity contribution in [2.45, 2.75) is 50.7 Å². The molecule has 0 saturated carbocycles. The van der Waals surface area contributed by atoms with E-state index in [4.69, 9.17) is 11.6 Å². The largest absolute Gasteiger partial charge is 0.307 e. The Hall–Kier alpha value is -0.640. The van der Waals surface area contributed by atoms with Gasteiger partial charge in [0, 0.05) is 18.1 Å². The quantitative estimate of drug-likeness (QED) is 0.914. The first-order valence-electron chi connectivity index (χ1n) is 7.58. The van der Waals surface area contributed by atoms with Crippen molar-refractivity contribution < 1.29 is 4.39 Å². The van der Waals surface area contributed by atoms with Gasteiger partial charge in [-0.05, 0) is 63.4 Å². The van der Waals surface area contributed by atoms with Crippen molar-refractivity contribution in [1.29, 1.82) is 0 Å². The van der Waals surface area contributed by atoms with Gasteiger partial charge < -0.3 is 10.2 Å². The van der Waals surface area contributed by atoms with Gasteiger partial charge in [0.15, 0.2) is 0 Å². The van der Waals surface area contributed by atoms with Crippen molar-refractivity contribution in [1.82, 2.24) is 10.2 Å². The molecule has 20 heavy (non-hydrogen) atoms. The lowest BCUT2D eigenvalue weighted by Gasteiger charge is -2.36. The van der Waals surface area contributed by atoms with E-state index in [-0.39, 0.29) is 16.9 Å². The molecule has 3 unspecified atom stereocenters. The molecule has 2 saturated heterocycles. The Morgan fingerprint density at radius 3 is 3.00 bits per heavy atom. The minimum Gasteiger partial charge on any atom is -0.307 e. The highest BCUT2D eigenvalue weighted by Gasteiger charge is 2.32. The summed E-state index contributed by atoms with van der Waals surface area (Å²) in [4.78, 5) is 2.62. The van der Waals surface area contributed by atoms with Crippen LogP contribution in [0.15, 0.2) is 18.2 Å². The van der Waals surface area contributed by atoms with Crippen LogP contribution in [0.25, 0.3) is 0 Å². The van der Waals surface area contributed by atoms with Gasteiger partial charge >= 0.3 is 0 Å². The molecule has 0 radical (unpaired) electrons. The monoisotopic (exact) mass is 296 g/mol. The van der Waals surface area contributed by atoms with E-state index in [1.165, 1.54) is 38.8 Å². The lowest BCUT2D eigenvalue weighted by atomic mass is 9.96. The van der Waals surface area contributed by atoms with E-state index in [0.29, 0.717) is 6.04 Å². The molecule has 2 nitrogen and oxygen atoms in total. The highest BCUT2D eigenvalue weighted by Crippen LogP contribution is 2.28. The molecule has 0 aromatic heterocycles. The molecule has 2 aliphatic heterocycles. The first kappa shape index (κ1) is 14.3. The second-order valence-electron chi connectivity index (χ2n) is 6.12. The molecule has 1 aromatic carbocycles. The number of hydrogen-bond acceptors (Lipinski definition) is 2. The van der Waals surface area contributed by atoms with Crippen molar-refractivity contribution in [2.75, 3.05) is 13.1 Å². The molecular formula is C16H22ClFN2. The van der Waals surface area contributed by atoms with Crippen LogP contribution in [0.1, 0.15) is 44.2 Å². The summed E-state index contributed by atoms with van der Waals surface area (Å²) in [5, 5.41) is 3.85. The lowest BCUT2D eigenvalue weighted by Crippen LogP contribution is -2.46. The number of piperidine rings is 1. The van der Waals surface area contributed by atoms with Crippen molar-refractivity contribution in [3.05, 3.63) is 34.6 Å². The molecule has 4 heteroatoms. The summed E-state index contributed by atoms with van der Waals surface area (Å²) in [6.45, 7) is 4.57. The van der Waals surface area contributed by atoms with Crippen LogP contribution in [0.5, 0.6) is 0 Å².